The zero-order chi connectivity index (χ0) is 24.9. The number of ether oxygens (including phenoxy) is 1. The molecule has 2 aliphatic rings. The van der Waals surface area contributed by atoms with Gasteiger partial charge in [-0.2, -0.15) is 0 Å². The molecule has 0 aliphatic carbocycles. The normalized spacial score (nSPS) is 16.1. The van der Waals surface area contributed by atoms with Gasteiger partial charge in [0, 0.05) is 72.4 Å². The number of nitrogen functional groups attached to an aromatic ring is 1. The smallest absolute Gasteiger partial charge is 0.167 e. The molecule has 2 fully saturated rings. The second-order valence-corrected chi connectivity index (χ2v) is 9.79. The van der Waals surface area contributed by atoms with Crippen molar-refractivity contribution in [3.05, 3.63) is 74.7 Å². The molecule has 2 aliphatic heterocycles. The molecule has 3 aromatic rings. The summed E-state index contributed by atoms with van der Waals surface area (Å²) in [5, 5.41) is 12.4. The van der Waals surface area contributed by atoms with Gasteiger partial charge in [-0.25, -0.2) is 13.8 Å². The van der Waals surface area contributed by atoms with E-state index in [-0.39, 0.29) is 51.1 Å². The van der Waals surface area contributed by atoms with Gasteiger partial charge in [-0.15, -0.1) is 0 Å². The highest BCUT2D eigenvalue weighted by Crippen LogP contribution is 2.38. The lowest BCUT2D eigenvalue weighted by molar-refractivity contribution is 0.119. The van der Waals surface area contributed by atoms with Gasteiger partial charge in [-0.1, -0.05) is 23.2 Å². The molecule has 0 radical (unpaired) electrons. The number of hydrogen-bond donors (Lipinski definition) is 3. The maximum atomic E-state index is 14.9. The lowest BCUT2D eigenvalue weighted by Crippen LogP contribution is -2.71. The zero-order valence-electron chi connectivity index (χ0n) is 18.8. The molecule has 35 heavy (non-hydrogen) atoms. The van der Waals surface area contributed by atoms with Crippen LogP contribution in [-0.2, 0) is 6.61 Å². The third kappa shape index (κ3) is 4.28. The predicted molar refractivity (Wildman–Crippen MR) is 132 cm³/mol. The Bertz CT molecular complexity index is 1340. The monoisotopic (exact) mass is 518 g/mol. The number of benzene rings is 1. The van der Waals surface area contributed by atoms with E-state index in [0.717, 1.165) is 32.2 Å². The van der Waals surface area contributed by atoms with E-state index in [0.29, 0.717) is 16.3 Å². The Morgan fingerprint density at radius 1 is 1.17 bits per heavy atom. The van der Waals surface area contributed by atoms with Crippen LogP contribution in [0, 0.1) is 29.4 Å². The summed E-state index contributed by atoms with van der Waals surface area (Å²) >= 11 is 12.4. The lowest BCUT2D eigenvalue weighted by Gasteiger charge is -2.56. The van der Waals surface area contributed by atoms with E-state index < -0.39 is 11.6 Å². The molecule has 1 spiro atoms. The minimum absolute atomic E-state index is 0.0160. The first-order valence-electron chi connectivity index (χ1n) is 10.9. The van der Waals surface area contributed by atoms with Crippen molar-refractivity contribution in [3.8, 4) is 5.75 Å². The van der Waals surface area contributed by atoms with Gasteiger partial charge in [0.2, 0.25) is 0 Å². The third-order valence-corrected chi connectivity index (χ3v) is 7.28. The van der Waals surface area contributed by atoms with Gasteiger partial charge in [0.05, 0.1) is 21.5 Å². The van der Waals surface area contributed by atoms with Crippen LogP contribution in [0.4, 0.5) is 20.3 Å². The quantitative estimate of drug-likeness (QED) is 0.331. The van der Waals surface area contributed by atoms with E-state index in [1.165, 1.54) is 24.5 Å². The SMILES string of the molecule is Cc1ncc(Cl)c(COc2cc(C(=N)c3cnc(N4CC5(CNC5)C4)c(F)c3)c(N)cc2F)c1Cl. The van der Waals surface area contributed by atoms with Crippen LogP contribution in [0.1, 0.15) is 22.4 Å². The topological polar surface area (TPSA) is 100 Å². The molecule has 0 atom stereocenters. The number of nitrogens with one attached hydrogen (secondary N) is 2. The van der Waals surface area contributed by atoms with Crippen LogP contribution in [0.2, 0.25) is 10.0 Å². The van der Waals surface area contributed by atoms with E-state index in [9.17, 15) is 8.78 Å². The maximum absolute atomic E-state index is 14.9. The molecule has 4 heterocycles. The molecule has 1 aromatic carbocycles. The summed E-state index contributed by atoms with van der Waals surface area (Å²) in [6.07, 6.45) is 2.86. The molecule has 7 nitrogen and oxygen atoms in total. The standard InChI is InChI=1S/C24H22Cl2F2N6O/c1-12-21(26)15(16(25)6-32-12)7-35-20-3-14(19(29)4-17(20)27)22(30)13-2-18(28)23(33-5-13)34-10-24(11-34)8-31-9-24/h2-6,30-31H,7-11,29H2,1H3. The third-order valence-electron chi connectivity index (χ3n) is 6.45. The lowest BCUT2D eigenvalue weighted by atomic mass is 9.74. The summed E-state index contributed by atoms with van der Waals surface area (Å²) in [6.45, 7) is 4.96. The van der Waals surface area contributed by atoms with E-state index in [2.05, 4.69) is 15.3 Å². The van der Waals surface area contributed by atoms with Gasteiger partial charge < -0.3 is 20.7 Å². The zero-order valence-corrected chi connectivity index (χ0v) is 20.3. The van der Waals surface area contributed by atoms with Crippen LogP contribution >= 0.6 is 23.2 Å². The molecule has 5 rings (SSSR count). The first-order chi connectivity index (χ1) is 16.7. The molecule has 2 aromatic heterocycles. The fraction of sp³-hybridized carbons (Fsp3) is 0.292. The van der Waals surface area contributed by atoms with Crippen LogP contribution in [0.3, 0.4) is 0 Å². The molecular weight excluding hydrogens is 497 g/mol. The minimum atomic E-state index is -0.714. The van der Waals surface area contributed by atoms with Crippen molar-refractivity contribution in [2.75, 3.05) is 36.8 Å². The van der Waals surface area contributed by atoms with Gasteiger partial charge in [0.25, 0.3) is 0 Å². The van der Waals surface area contributed by atoms with Gasteiger partial charge in [0.15, 0.2) is 23.2 Å². The number of aryl methyl sites for hydroxylation is 1. The largest absolute Gasteiger partial charge is 0.486 e. The van der Waals surface area contributed by atoms with Crippen molar-refractivity contribution in [1.82, 2.24) is 15.3 Å². The summed E-state index contributed by atoms with van der Waals surface area (Å²) in [4.78, 5) is 10.2. The van der Waals surface area contributed by atoms with Crippen molar-refractivity contribution >= 4 is 40.4 Å². The number of nitrogens with zero attached hydrogens (tertiary/aromatic N) is 3. The van der Waals surface area contributed by atoms with Crippen molar-refractivity contribution in [2.24, 2.45) is 5.41 Å². The molecule has 0 saturated carbocycles. The van der Waals surface area contributed by atoms with Crippen molar-refractivity contribution in [3.63, 3.8) is 0 Å². The van der Waals surface area contributed by atoms with E-state index in [1.54, 1.807) is 6.92 Å². The van der Waals surface area contributed by atoms with Gasteiger partial charge in [-0.3, -0.25) is 10.4 Å². The predicted octanol–water partition coefficient (Wildman–Crippen LogP) is 4.36. The van der Waals surface area contributed by atoms with Crippen LogP contribution in [0.15, 0.2) is 30.6 Å². The molecule has 4 N–H and O–H groups in total. The Morgan fingerprint density at radius 2 is 1.91 bits per heavy atom. The number of aromatic nitrogens is 2. The van der Waals surface area contributed by atoms with Crippen LogP contribution in [-0.4, -0.2) is 41.9 Å². The van der Waals surface area contributed by atoms with Gasteiger partial charge in [0.1, 0.15) is 6.61 Å². The van der Waals surface area contributed by atoms with Crippen molar-refractivity contribution < 1.29 is 13.5 Å². The molecule has 0 bridgehead atoms. The Kier molecular flexibility index (Phi) is 6.03. The highest BCUT2D eigenvalue weighted by molar-refractivity contribution is 6.36. The fourth-order valence-electron chi connectivity index (χ4n) is 4.36. The van der Waals surface area contributed by atoms with Crippen LogP contribution < -0.4 is 20.7 Å². The summed E-state index contributed by atoms with van der Waals surface area (Å²) in [7, 11) is 0. The molecule has 2 saturated heterocycles. The number of hydrogen-bond acceptors (Lipinski definition) is 7. The van der Waals surface area contributed by atoms with E-state index in [4.69, 9.17) is 39.1 Å². The molecule has 11 heteroatoms. The second-order valence-electron chi connectivity index (χ2n) is 9.01. The fourth-order valence-corrected chi connectivity index (χ4v) is 4.81. The maximum Gasteiger partial charge on any atom is 0.167 e. The Morgan fingerprint density at radius 3 is 2.57 bits per heavy atom. The Hall–Kier alpha value is -3.01. The summed E-state index contributed by atoms with van der Waals surface area (Å²) in [6, 6.07) is 3.61. The van der Waals surface area contributed by atoms with Crippen molar-refractivity contribution in [1.29, 1.82) is 5.41 Å². The number of halogens is 4. The minimum Gasteiger partial charge on any atom is -0.486 e. The number of anilines is 2. The first kappa shape index (κ1) is 23.7. The summed E-state index contributed by atoms with van der Waals surface area (Å²) < 4.78 is 35.1. The summed E-state index contributed by atoms with van der Waals surface area (Å²) in [5.41, 5.74) is 7.54. The van der Waals surface area contributed by atoms with Crippen LogP contribution in [0.25, 0.3) is 0 Å². The molecule has 0 amide bonds. The van der Waals surface area contributed by atoms with E-state index >= 15 is 0 Å². The van der Waals surface area contributed by atoms with Gasteiger partial charge in [-0.05, 0) is 19.1 Å². The first-order valence-corrected chi connectivity index (χ1v) is 11.6. The van der Waals surface area contributed by atoms with E-state index in [1.807, 2.05) is 4.90 Å². The Labute approximate surface area is 210 Å². The second kappa shape index (κ2) is 8.89. The average Bonchev–Trinajstić information content (AvgIpc) is 2.76. The highest BCUT2D eigenvalue weighted by Gasteiger charge is 2.48. The number of rotatable bonds is 6. The van der Waals surface area contributed by atoms with Gasteiger partial charge >= 0.3 is 0 Å². The Balaban J connectivity index is 1.36. The summed E-state index contributed by atoms with van der Waals surface area (Å²) in [5.74, 6) is -1.13. The van der Waals surface area contributed by atoms with Crippen molar-refractivity contribution in [2.45, 2.75) is 13.5 Å². The van der Waals surface area contributed by atoms with Crippen LogP contribution in [0.5, 0.6) is 5.75 Å². The molecule has 182 valence electrons. The highest BCUT2D eigenvalue weighted by atomic mass is 35.5. The number of nitrogens with two attached hydrogens (primary N) is 1. The molecular formula is C24H22Cl2F2N6O. The average molecular weight is 519 g/mol. The molecule has 0 unspecified atom stereocenters. The number of pyridine rings is 2.